The van der Waals surface area contributed by atoms with Gasteiger partial charge in [-0.2, -0.15) is 0 Å². The number of hydrogen-bond acceptors (Lipinski definition) is 4. The molecule has 0 unspecified atom stereocenters. The highest BCUT2D eigenvalue weighted by atomic mass is 16.5. The molecule has 0 N–H and O–H groups in total. The van der Waals surface area contributed by atoms with Crippen LogP contribution in [-0.2, 0) is 16.0 Å². The zero-order valence-corrected chi connectivity index (χ0v) is 15.3. The van der Waals surface area contributed by atoms with E-state index in [1.807, 2.05) is 41.8 Å². The van der Waals surface area contributed by atoms with Crippen LogP contribution in [0, 0.1) is 6.92 Å². The lowest BCUT2D eigenvalue weighted by molar-refractivity contribution is -0.128. The second kappa shape index (κ2) is 7.00. The van der Waals surface area contributed by atoms with Gasteiger partial charge in [-0.1, -0.05) is 18.2 Å². The molecule has 0 aliphatic rings. The number of rotatable bonds is 4. The fourth-order valence-electron chi connectivity index (χ4n) is 2.78. The van der Waals surface area contributed by atoms with E-state index in [0.29, 0.717) is 5.56 Å². The summed E-state index contributed by atoms with van der Waals surface area (Å²) >= 11 is 0. The zero-order valence-electron chi connectivity index (χ0n) is 15.3. The molecule has 6 nitrogen and oxygen atoms in total. The van der Waals surface area contributed by atoms with Gasteiger partial charge in [-0.15, -0.1) is 0 Å². The fraction of sp³-hybridized carbons (Fsp3) is 0.250. The van der Waals surface area contributed by atoms with Crippen molar-refractivity contribution in [1.82, 2.24) is 14.3 Å². The Bertz CT molecular complexity index is 972. The molecule has 0 saturated carbocycles. The van der Waals surface area contributed by atoms with Gasteiger partial charge < -0.3 is 14.0 Å². The number of aryl methyl sites for hydroxylation is 1. The van der Waals surface area contributed by atoms with Crippen LogP contribution in [-0.4, -0.2) is 47.4 Å². The standard InChI is InChI=1S/C20H21N3O3/c1-13-5-10-17-21-19(14-6-8-15(9-7-14)20(25)26-4)16(23(17)12-13)11-18(24)22(2)3/h5-10,12H,11H2,1-4H3. The van der Waals surface area contributed by atoms with Crippen molar-refractivity contribution in [3.05, 3.63) is 59.4 Å². The van der Waals surface area contributed by atoms with Crippen LogP contribution in [0.25, 0.3) is 16.9 Å². The number of carbonyl (C=O) groups excluding carboxylic acids is 2. The minimum absolute atomic E-state index is 0.000682. The Labute approximate surface area is 152 Å². The monoisotopic (exact) mass is 351 g/mol. The number of nitrogens with zero attached hydrogens (tertiary/aromatic N) is 3. The van der Waals surface area contributed by atoms with E-state index in [-0.39, 0.29) is 18.3 Å². The number of esters is 1. The molecule has 134 valence electrons. The summed E-state index contributed by atoms with van der Waals surface area (Å²) in [6, 6.07) is 11.0. The topological polar surface area (TPSA) is 63.9 Å². The van der Waals surface area contributed by atoms with Gasteiger partial charge in [-0.05, 0) is 30.7 Å². The molecule has 0 fully saturated rings. The lowest BCUT2D eigenvalue weighted by Gasteiger charge is -2.11. The number of benzene rings is 1. The predicted octanol–water partition coefficient (Wildman–Crippen LogP) is 2.73. The van der Waals surface area contributed by atoms with Gasteiger partial charge in [0, 0.05) is 25.9 Å². The normalized spacial score (nSPS) is 10.8. The maximum atomic E-state index is 12.3. The van der Waals surface area contributed by atoms with E-state index in [9.17, 15) is 9.59 Å². The first-order valence-electron chi connectivity index (χ1n) is 8.27. The van der Waals surface area contributed by atoms with Crippen molar-refractivity contribution < 1.29 is 14.3 Å². The molecule has 1 amide bonds. The first-order chi connectivity index (χ1) is 12.4. The van der Waals surface area contributed by atoms with Gasteiger partial charge in [0.25, 0.3) is 0 Å². The third kappa shape index (κ3) is 3.31. The summed E-state index contributed by atoms with van der Waals surface area (Å²) in [6.45, 7) is 2.00. The van der Waals surface area contributed by atoms with E-state index >= 15 is 0 Å². The Hall–Kier alpha value is -3.15. The average Bonchev–Trinajstić information content (AvgIpc) is 2.98. The van der Waals surface area contributed by atoms with E-state index in [1.54, 1.807) is 31.1 Å². The molecule has 1 aromatic carbocycles. The van der Waals surface area contributed by atoms with Crippen LogP contribution in [0.5, 0.6) is 0 Å². The van der Waals surface area contributed by atoms with E-state index in [4.69, 9.17) is 9.72 Å². The largest absolute Gasteiger partial charge is 0.465 e. The number of ether oxygens (including phenoxy) is 1. The zero-order chi connectivity index (χ0) is 18.8. The molecule has 0 atom stereocenters. The molecule has 0 bridgehead atoms. The molecule has 2 aromatic heterocycles. The van der Waals surface area contributed by atoms with Gasteiger partial charge in [0.05, 0.1) is 30.5 Å². The van der Waals surface area contributed by atoms with Crippen molar-refractivity contribution in [1.29, 1.82) is 0 Å². The Morgan fingerprint density at radius 2 is 1.81 bits per heavy atom. The first-order valence-corrected chi connectivity index (χ1v) is 8.27. The van der Waals surface area contributed by atoms with Crippen molar-refractivity contribution in [2.45, 2.75) is 13.3 Å². The molecule has 0 aliphatic carbocycles. The van der Waals surface area contributed by atoms with E-state index in [0.717, 1.165) is 28.2 Å². The van der Waals surface area contributed by atoms with Gasteiger partial charge in [0.1, 0.15) is 5.65 Å². The van der Waals surface area contributed by atoms with Crippen molar-refractivity contribution in [2.75, 3.05) is 21.2 Å². The molecular weight excluding hydrogens is 330 g/mol. The number of aromatic nitrogens is 2. The molecule has 3 rings (SSSR count). The third-order valence-electron chi connectivity index (χ3n) is 4.26. The number of likely N-dealkylation sites (N-methyl/N-ethyl adjacent to an activating group) is 1. The Kier molecular flexibility index (Phi) is 4.75. The summed E-state index contributed by atoms with van der Waals surface area (Å²) in [5.41, 5.74) is 4.75. The fourth-order valence-corrected chi connectivity index (χ4v) is 2.78. The highest BCUT2D eigenvalue weighted by Crippen LogP contribution is 2.26. The van der Waals surface area contributed by atoms with Crippen LogP contribution < -0.4 is 0 Å². The number of amides is 1. The summed E-state index contributed by atoms with van der Waals surface area (Å²) in [5, 5.41) is 0. The van der Waals surface area contributed by atoms with Crippen molar-refractivity contribution >= 4 is 17.5 Å². The average molecular weight is 351 g/mol. The number of hydrogen-bond donors (Lipinski definition) is 0. The minimum Gasteiger partial charge on any atom is -0.465 e. The number of fused-ring (bicyclic) bond motifs is 1. The molecule has 2 heterocycles. The predicted molar refractivity (Wildman–Crippen MR) is 99.1 cm³/mol. The van der Waals surface area contributed by atoms with Gasteiger partial charge >= 0.3 is 5.97 Å². The van der Waals surface area contributed by atoms with E-state index < -0.39 is 0 Å². The Balaban J connectivity index is 2.12. The lowest BCUT2D eigenvalue weighted by Crippen LogP contribution is -2.24. The minimum atomic E-state index is -0.384. The van der Waals surface area contributed by atoms with Crippen LogP contribution in [0.15, 0.2) is 42.6 Å². The maximum Gasteiger partial charge on any atom is 0.337 e. The molecule has 3 aromatic rings. The molecule has 26 heavy (non-hydrogen) atoms. The molecule has 0 spiro atoms. The SMILES string of the molecule is COC(=O)c1ccc(-c2nc3ccc(C)cn3c2CC(=O)N(C)C)cc1. The maximum absolute atomic E-state index is 12.3. The van der Waals surface area contributed by atoms with Crippen LogP contribution in [0.4, 0.5) is 0 Å². The van der Waals surface area contributed by atoms with Gasteiger partial charge in [-0.25, -0.2) is 9.78 Å². The number of imidazole rings is 1. The lowest BCUT2D eigenvalue weighted by atomic mass is 10.1. The Morgan fingerprint density at radius 1 is 1.12 bits per heavy atom. The highest BCUT2D eigenvalue weighted by molar-refractivity contribution is 5.90. The number of methoxy groups -OCH3 is 1. The number of carbonyl (C=O) groups is 2. The molecule has 0 saturated heterocycles. The Morgan fingerprint density at radius 3 is 2.42 bits per heavy atom. The third-order valence-corrected chi connectivity index (χ3v) is 4.26. The second-order valence-corrected chi connectivity index (χ2v) is 6.38. The second-order valence-electron chi connectivity index (χ2n) is 6.38. The van der Waals surface area contributed by atoms with Crippen molar-refractivity contribution in [2.24, 2.45) is 0 Å². The summed E-state index contributed by atoms with van der Waals surface area (Å²) in [6.07, 6.45) is 2.22. The summed E-state index contributed by atoms with van der Waals surface area (Å²) < 4.78 is 6.70. The first kappa shape index (κ1) is 17.7. The smallest absolute Gasteiger partial charge is 0.337 e. The molecular formula is C20H21N3O3. The van der Waals surface area contributed by atoms with Crippen LogP contribution >= 0.6 is 0 Å². The highest BCUT2D eigenvalue weighted by Gasteiger charge is 2.18. The van der Waals surface area contributed by atoms with Gasteiger partial charge in [0.15, 0.2) is 0 Å². The summed E-state index contributed by atoms with van der Waals surface area (Å²) in [4.78, 5) is 30.2. The summed E-state index contributed by atoms with van der Waals surface area (Å²) in [7, 11) is 4.83. The molecule has 6 heteroatoms. The molecule has 0 aliphatic heterocycles. The quantitative estimate of drug-likeness (QED) is 0.678. The van der Waals surface area contributed by atoms with Crippen molar-refractivity contribution in [3.8, 4) is 11.3 Å². The van der Waals surface area contributed by atoms with Crippen LogP contribution in [0.1, 0.15) is 21.6 Å². The molecule has 0 radical (unpaired) electrons. The summed E-state index contributed by atoms with van der Waals surface area (Å²) in [5.74, 6) is -0.383. The van der Waals surface area contributed by atoms with E-state index in [2.05, 4.69) is 0 Å². The van der Waals surface area contributed by atoms with Crippen LogP contribution in [0.3, 0.4) is 0 Å². The van der Waals surface area contributed by atoms with E-state index in [1.165, 1.54) is 7.11 Å². The van der Waals surface area contributed by atoms with Crippen molar-refractivity contribution in [3.63, 3.8) is 0 Å². The number of pyridine rings is 1. The van der Waals surface area contributed by atoms with Gasteiger partial charge in [-0.3, -0.25) is 4.79 Å². The van der Waals surface area contributed by atoms with Gasteiger partial charge in [0.2, 0.25) is 5.91 Å². The van der Waals surface area contributed by atoms with Crippen LogP contribution in [0.2, 0.25) is 0 Å².